The number of hydrogen-bond acceptors (Lipinski definition) is 3. The van der Waals surface area contributed by atoms with Gasteiger partial charge in [0, 0.05) is 0 Å². The average Bonchev–Trinajstić information content (AvgIpc) is 2.42. The molecule has 4 nitrogen and oxygen atoms in total. The third-order valence-electron chi connectivity index (χ3n) is 3.55. The summed E-state index contributed by atoms with van der Waals surface area (Å²) >= 11 is 0. The quantitative estimate of drug-likeness (QED) is 0.805. The zero-order valence-electron chi connectivity index (χ0n) is 12.8. The van der Waals surface area contributed by atoms with Crippen LogP contribution < -0.4 is 10.1 Å². The highest BCUT2D eigenvalue weighted by molar-refractivity contribution is 5.76. The second-order valence-electron chi connectivity index (χ2n) is 5.44. The number of benzene rings is 1. The van der Waals surface area contributed by atoms with Crippen LogP contribution in [0.5, 0.6) is 5.75 Å². The summed E-state index contributed by atoms with van der Waals surface area (Å²) < 4.78 is 5.70. The van der Waals surface area contributed by atoms with Crippen molar-refractivity contribution in [3.8, 4) is 5.75 Å². The second kappa shape index (κ2) is 7.29. The van der Waals surface area contributed by atoms with Crippen LogP contribution in [0.2, 0.25) is 0 Å². The van der Waals surface area contributed by atoms with E-state index < -0.39 is 5.54 Å². The van der Waals surface area contributed by atoms with Gasteiger partial charge in [-0.15, -0.1) is 0 Å². The van der Waals surface area contributed by atoms with Crippen LogP contribution in [-0.2, 0) is 4.79 Å². The van der Waals surface area contributed by atoms with Crippen molar-refractivity contribution in [3.63, 3.8) is 0 Å². The fourth-order valence-corrected chi connectivity index (χ4v) is 1.91. The van der Waals surface area contributed by atoms with Gasteiger partial charge >= 0.3 is 0 Å². The predicted molar refractivity (Wildman–Crippen MR) is 80.0 cm³/mol. The van der Waals surface area contributed by atoms with E-state index in [1.165, 1.54) is 0 Å². The largest absolute Gasteiger partial charge is 0.493 e. The molecule has 2 N–H and O–H groups in total. The Morgan fingerprint density at radius 1 is 1.35 bits per heavy atom. The van der Waals surface area contributed by atoms with Crippen molar-refractivity contribution in [1.29, 1.82) is 0 Å². The molecular weight excluding hydrogens is 254 g/mol. The molecule has 0 heterocycles. The van der Waals surface area contributed by atoms with Crippen molar-refractivity contribution < 1.29 is 14.6 Å². The van der Waals surface area contributed by atoms with Crippen molar-refractivity contribution in [2.24, 2.45) is 0 Å². The van der Waals surface area contributed by atoms with Gasteiger partial charge in [-0.3, -0.25) is 4.79 Å². The predicted octanol–water partition coefficient (Wildman–Crippen LogP) is 2.35. The van der Waals surface area contributed by atoms with Gasteiger partial charge in [-0.1, -0.05) is 25.1 Å². The lowest BCUT2D eigenvalue weighted by Crippen LogP contribution is -2.48. The summed E-state index contributed by atoms with van der Waals surface area (Å²) in [5, 5.41) is 12.1. The van der Waals surface area contributed by atoms with Crippen LogP contribution in [-0.4, -0.2) is 29.8 Å². The smallest absolute Gasteiger partial charge is 0.223 e. The summed E-state index contributed by atoms with van der Waals surface area (Å²) in [6.07, 6.45) is 0.969. The van der Waals surface area contributed by atoms with E-state index in [0.29, 0.717) is 13.0 Å². The van der Waals surface area contributed by atoms with E-state index in [9.17, 15) is 9.90 Å². The average molecular weight is 279 g/mol. The molecule has 4 heteroatoms. The summed E-state index contributed by atoms with van der Waals surface area (Å²) in [5.41, 5.74) is 1.59. The normalized spacial score (nSPS) is 13.7. The minimum absolute atomic E-state index is 0.0625. The highest BCUT2D eigenvalue weighted by Gasteiger charge is 2.22. The lowest BCUT2D eigenvalue weighted by atomic mass is 10.0. The fraction of sp³-hybridized carbons (Fsp3) is 0.562. The standard InChI is InChI=1S/C16H25NO3/c1-5-16(4,11-18)17-14(19)9-10-20-15-12(2)7-6-8-13(15)3/h6-8,18H,5,9-11H2,1-4H3,(H,17,19). The van der Waals surface area contributed by atoms with Gasteiger partial charge in [-0.2, -0.15) is 0 Å². The number of aryl methyl sites for hydroxylation is 2. The van der Waals surface area contributed by atoms with E-state index in [1.807, 2.05) is 45.9 Å². The Bertz CT molecular complexity index is 433. The number of rotatable bonds is 7. The first-order chi connectivity index (χ1) is 9.41. The van der Waals surface area contributed by atoms with E-state index in [0.717, 1.165) is 16.9 Å². The number of hydrogen-bond donors (Lipinski definition) is 2. The third kappa shape index (κ3) is 4.53. The van der Waals surface area contributed by atoms with Gasteiger partial charge < -0.3 is 15.2 Å². The first-order valence-electron chi connectivity index (χ1n) is 7.02. The number of carbonyl (C=O) groups excluding carboxylic acids is 1. The monoisotopic (exact) mass is 279 g/mol. The molecule has 112 valence electrons. The molecule has 20 heavy (non-hydrogen) atoms. The number of aliphatic hydroxyl groups excluding tert-OH is 1. The van der Waals surface area contributed by atoms with E-state index in [-0.39, 0.29) is 18.9 Å². The van der Waals surface area contributed by atoms with Gasteiger partial charge in [0.1, 0.15) is 5.75 Å². The van der Waals surface area contributed by atoms with Crippen LogP contribution in [0, 0.1) is 13.8 Å². The minimum atomic E-state index is -0.546. The van der Waals surface area contributed by atoms with Crippen LogP contribution in [0.25, 0.3) is 0 Å². The second-order valence-corrected chi connectivity index (χ2v) is 5.44. The Kier molecular flexibility index (Phi) is 6.02. The number of para-hydroxylation sites is 1. The van der Waals surface area contributed by atoms with E-state index in [1.54, 1.807) is 0 Å². The molecule has 0 spiro atoms. The number of aliphatic hydroxyl groups is 1. The van der Waals surface area contributed by atoms with E-state index in [4.69, 9.17) is 4.74 Å². The molecule has 1 rings (SSSR count). The molecule has 0 bridgehead atoms. The summed E-state index contributed by atoms with van der Waals surface area (Å²) in [7, 11) is 0. The van der Waals surface area contributed by atoms with Crippen molar-refractivity contribution >= 4 is 5.91 Å². The number of ether oxygens (including phenoxy) is 1. The van der Waals surface area contributed by atoms with Crippen LogP contribution >= 0.6 is 0 Å². The fourth-order valence-electron chi connectivity index (χ4n) is 1.91. The molecule has 0 saturated carbocycles. The molecule has 0 fully saturated rings. The van der Waals surface area contributed by atoms with Crippen molar-refractivity contribution in [2.45, 2.75) is 46.1 Å². The van der Waals surface area contributed by atoms with Crippen LogP contribution in [0.1, 0.15) is 37.8 Å². The molecule has 0 aliphatic heterocycles. The molecule has 1 atom stereocenters. The molecule has 0 aliphatic rings. The third-order valence-corrected chi connectivity index (χ3v) is 3.55. The Morgan fingerprint density at radius 3 is 2.45 bits per heavy atom. The van der Waals surface area contributed by atoms with E-state index in [2.05, 4.69) is 5.32 Å². The molecule has 0 aliphatic carbocycles. The van der Waals surface area contributed by atoms with Gasteiger partial charge in [0.05, 0.1) is 25.2 Å². The number of nitrogens with one attached hydrogen (secondary N) is 1. The Hall–Kier alpha value is -1.55. The highest BCUT2D eigenvalue weighted by atomic mass is 16.5. The van der Waals surface area contributed by atoms with Crippen LogP contribution in [0.4, 0.5) is 0 Å². The lowest BCUT2D eigenvalue weighted by Gasteiger charge is -2.27. The molecule has 1 amide bonds. The Labute approximate surface area is 121 Å². The molecule has 1 unspecified atom stereocenters. The maximum atomic E-state index is 11.8. The summed E-state index contributed by atoms with van der Waals surface area (Å²) in [6, 6.07) is 5.96. The first-order valence-corrected chi connectivity index (χ1v) is 7.02. The highest BCUT2D eigenvalue weighted by Crippen LogP contribution is 2.22. The Morgan fingerprint density at radius 2 is 1.95 bits per heavy atom. The van der Waals surface area contributed by atoms with Gasteiger partial charge in [-0.05, 0) is 38.3 Å². The van der Waals surface area contributed by atoms with Gasteiger partial charge in [-0.25, -0.2) is 0 Å². The zero-order chi connectivity index (χ0) is 15.2. The summed E-state index contributed by atoms with van der Waals surface area (Å²) in [5.74, 6) is 0.746. The maximum Gasteiger partial charge on any atom is 0.223 e. The topological polar surface area (TPSA) is 58.6 Å². The molecule has 0 saturated heterocycles. The van der Waals surface area contributed by atoms with Gasteiger partial charge in [0.2, 0.25) is 5.91 Å². The van der Waals surface area contributed by atoms with Crippen LogP contribution in [0.3, 0.4) is 0 Å². The van der Waals surface area contributed by atoms with Gasteiger partial charge in [0.25, 0.3) is 0 Å². The van der Waals surface area contributed by atoms with E-state index >= 15 is 0 Å². The lowest BCUT2D eigenvalue weighted by molar-refractivity contribution is -0.123. The Balaban J connectivity index is 2.47. The molecule has 1 aromatic carbocycles. The molecule has 0 aromatic heterocycles. The minimum Gasteiger partial charge on any atom is -0.493 e. The molecule has 0 radical (unpaired) electrons. The van der Waals surface area contributed by atoms with Gasteiger partial charge in [0.15, 0.2) is 0 Å². The zero-order valence-corrected chi connectivity index (χ0v) is 12.8. The summed E-state index contributed by atoms with van der Waals surface area (Å²) in [6.45, 7) is 8.02. The summed E-state index contributed by atoms with van der Waals surface area (Å²) in [4.78, 5) is 11.8. The maximum absolute atomic E-state index is 11.8. The SMILES string of the molecule is CCC(C)(CO)NC(=O)CCOc1c(C)cccc1C. The first kappa shape index (κ1) is 16.5. The van der Waals surface area contributed by atoms with Crippen molar-refractivity contribution in [2.75, 3.05) is 13.2 Å². The number of amides is 1. The van der Waals surface area contributed by atoms with Crippen molar-refractivity contribution in [1.82, 2.24) is 5.32 Å². The van der Waals surface area contributed by atoms with Crippen molar-refractivity contribution in [3.05, 3.63) is 29.3 Å². The molecular formula is C16H25NO3. The number of carbonyl (C=O) groups is 1. The molecule has 1 aromatic rings. The van der Waals surface area contributed by atoms with Crippen LogP contribution in [0.15, 0.2) is 18.2 Å².